The van der Waals surface area contributed by atoms with Crippen molar-refractivity contribution >= 4 is 17.6 Å². The Labute approximate surface area is 87.5 Å². The lowest BCUT2D eigenvalue weighted by Gasteiger charge is -2.20. The molecule has 1 aliphatic rings. The van der Waals surface area contributed by atoms with Crippen LogP contribution in [0.15, 0.2) is 12.3 Å². The third-order valence-corrected chi connectivity index (χ3v) is 3.03. The summed E-state index contributed by atoms with van der Waals surface area (Å²) >= 11 is 1.89. The molecular weight excluding hydrogens is 198 g/mol. The lowest BCUT2D eigenvalue weighted by Crippen LogP contribution is -2.18. The third-order valence-electron chi connectivity index (χ3n) is 2.03. The van der Waals surface area contributed by atoms with Gasteiger partial charge in [-0.1, -0.05) is 0 Å². The van der Waals surface area contributed by atoms with E-state index in [4.69, 9.17) is 4.74 Å². The van der Waals surface area contributed by atoms with Gasteiger partial charge in [0.1, 0.15) is 11.9 Å². The van der Waals surface area contributed by atoms with Crippen LogP contribution in [0.1, 0.15) is 11.9 Å². The smallest absolute Gasteiger partial charge is 0.160 e. The van der Waals surface area contributed by atoms with E-state index in [9.17, 15) is 0 Å². The van der Waals surface area contributed by atoms with Gasteiger partial charge in [0, 0.05) is 24.8 Å². The minimum Gasteiger partial charge on any atom is -0.373 e. The van der Waals surface area contributed by atoms with Crippen molar-refractivity contribution in [2.24, 2.45) is 0 Å². The van der Waals surface area contributed by atoms with Crippen LogP contribution >= 0.6 is 11.8 Å². The molecule has 0 aliphatic carbocycles. The van der Waals surface area contributed by atoms with Gasteiger partial charge in [-0.2, -0.15) is 11.8 Å². The Morgan fingerprint density at radius 2 is 2.57 bits per heavy atom. The Kier molecular flexibility index (Phi) is 3.21. The van der Waals surface area contributed by atoms with E-state index in [1.54, 1.807) is 6.20 Å². The first-order chi connectivity index (χ1) is 6.90. The molecule has 1 saturated heterocycles. The summed E-state index contributed by atoms with van der Waals surface area (Å²) in [4.78, 5) is 8.58. The van der Waals surface area contributed by atoms with E-state index < -0.39 is 0 Å². The molecule has 1 N–H and O–H groups in total. The molecule has 2 heterocycles. The van der Waals surface area contributed by atoms with E-state index in [-0.39, 0.29) is 6.10 Å². The van der Waals surface area contributed by atoms with Crippen LogP contribution in [-0.2, 0) is 4.74 Å². The van der Waals surface area contributed by atoms with Gasteiger partial charge in [-0.3, -0.25) is 0 Å². The highest BCUT2D eigenvalue weighted by Gasteiger charge is 2.18. The number of rotatable bonds is 2. The van der Waals surface area contributed by atoms with Gasteiger partial charge in [-0.25, -0.2) is 9.97 Å². The molecule has 1 unspecified atom stereocenters. The molecule has 1 atom stereocenters. The fourth-order valence-corrected chi connectivity index (χ4v) is 2.15. The molecule has 0 saturated carbocycles. The van der Waals surface area contributed by atoms with Gasteiger partial charge >= 0.3 is 0 Å². The van der Waals surface area contributed by atoms with E-state index in [1.807, 2.05) is 24.9 Å². The zero-order chi connectivity index (χ0) is 9.80. The van der Waals surface area contributed by atoms with Crippen molar-refractivity contribution in [2.45, 2.75) is 6.10 Å². The summed E-state index contributed by atoms with van der Waals surface area (Å²) < 4.78 is 5.59. The normalized spacial score (nSPS) is 21.9. The fourth-order valence-electron chi connectivity index (χ4n) is 1.30. The van der Waals surface area contributed by atoms with Crippen molar-refractivity contribution in [3.63, 3.8) is 0 Å². The second-order valence-corrected chi connectivity index (χ2v) is 4.13. The number of hydrogen-bond acceptors (Lipinski definition) is 5. The van der Waals surface area contributed by atoms with Gasteiger partial charge in [-0.15, -0.1) is 0 Å². The second kappa shape index (κ2) is 4.61. The molecule has 4 nitrogen and oxygen atoms in total. The molecule has 76 valence electrons. The minimum atomic E-state index is 0.0575. The van der Waals surface area contributed by atoms with Crippen LogP contribution in [0.3, 0.4) is 0 Å². The van der Waals surface area contributed by atoms with Crippen molar-refractivity contribution in [1.82, 2.24) is 9.97 Å². The van der Waals surface area contributed by atoms with E-state index in [1.165, 1.54) is 0 Å². The maximum atomic E-state index is 5.59. The molecule has 1 fully saturated rings. The molecule has 0 aromatic carbocycles. The third kappa shape index (κ3) is 2.16. The van der Waals surface area contributed by atoms with Gasteiger partial charge in [0.05, 0.1) is 6.61 Å². The molecule has 0 spiro atoms. The molecule has 1 aromatic rings. The Morgan fingerprint density at radius 1 is 1.64 bits per heavy atom. The number of nitrogens with zero attached hydrogens (tertiary/aromatic N) is 2. The van der Waals surface area contributed by atoms with E-state index in [0.29, 0.717) is 0 Å². The molecule has 1 aromatic heterocycles. The van der Waals surface area contributed by atoms with Crippen molar-refractivity contribution < 1.29 is 4.74 Å². The molecule has 1 aliphatic heterocycles. The first kappa shape index (κ1) is 9.73. The van der Waals surface area contributed by atoms with Gasteiger partial charge in [-0.05, 0) is 6.07 Å². The number of nitrogens with one attached hydrogen (secondary N) is 1. The van der Waals surface area contributed by atoms with Crippen molar-refractivity contribution in [3.8, 4) is 0 Å². The summed E-state index contributed by atoms with van der Waals surface area (Å²) in [6, 6.07) is 1.85. The quantitative estimate of drug-likeness (QED) is 0.799. The largest absolute Gasteiger partial charge is 0.373 e. The lowest BCUT2D eigenvalue weighted by atomic mass is 10.3. The Morgan fingerprint density at radius 3 is 3.29 bits per heavy atom. The maximum Gasteiger partial charge on any atom is 0.160 e. The summed E-state index contributed by atoms with van der Waals surface area (Å²) in [5, 5.41) is 2.99. The Bertz CT molecular complexity index is 302. The summed E-state index contributed by atoms with van der Waals surface area (Å²) in [5.74, 6) is 3.65. The summed E-state index contributed by atoms with van der Waals surface area (Å²) in [6.07, 6.45) is 1.82. The predicted molar refractivity (Wildman–Crippen MR) is 57.6 cm³/mol. The number of anilines is 1. The molecule has 0 amide bonds. The fraction of sp³-hybridized carbons (Fsp3) is 0.556. The Hall–Kier alpha value is -0.810. The van der Waals surface area contributed by atoms with Crippen LogP contribution < -0.4 is 5.32 Å². The van der Waals surface area contributed by atoms with Crippen molar-refractivity contribution in [1.29, 1.82) is 0 Å². The highest BCUT2D eigenvalue weighted by Crippen LogP contribution is 2.24. The number of ether oxygens (including phenoxy) is 1. The highest BCUT2D eigenvalue weighted by atomic mass is 32.2. The predicted octanol–water partition coefficient (Wildman–Crippen LogP) is 1.32. The average molecular weight is 211 g/mol. The molecule has 0 radical (unpaired) electrons. The van der Waals surface area contributed by atoms with E-state index in [2.05, 4.69) is 15.3 Å². The Balaban J connectivity index is 2.13. The first-order valence-corrected chi connectivity index (χ1v) is 5.75. The van der Waals surface area contributed by atoms with Crippen LogP contribution in [-0.4, -0.2) is 35.1 Å². The molecule has 5 heteroatoms. The number of thioether (sulfide) groups is 1. The zero-order valence-electron chi connectivity index (χ0n) is 8.06. The van der Waals surface area contributed by atoms with Crippen LogP contribution in [0.25, 0.3) is 0 Å². The SMILES string of the molecule is CNc1ccnc(C2CSCCO2)n1. The van der Waals surface area contributed by atoms with E-state index >= 15 is 0 Å². The van der Waals surface area contributed by atoms with Gasteiger partial charge in [0.25, 0.3) is 0 Å². The molecular formula is C9H13N3OS. The lowest BCUT2D eigenvalue weighted by molar-refractivity contribution is 0.0695. The van der Waals surface area contributed by atoms with Crippen molar-refractivity contribution in [3.05, 3.63) is 18.1 Å². The van der Waals surface area contributed by atoms with Gasteiger partial charge in [0.15, 0.2) is 5.82 Å². The number of aromatic nitrogens is 2. The minimum absolute atomic E-state index is 0.0575. The van der Waals surface area contributed by atoms with Gasteiger partial charge in [0.2, 0.25) is 0 Å². The van der Waals surface area contributed by atoms with Crippen molar-refractivity contribution in [2.75, 3.05) is 30.5 Å². The molecule has 14 heavy (non-hydrogen) atoms. The van der Waals surface area contributed by atoms with Crippen LogP contribution in [0.4, 0.5) is 5.82 Å². The van der Waals surface area contributed by atoms with Crippen LogP contribution in [0, 0.1) is 0 Å². The monoisotopic (exact) mass is 211 g/mol. The first-order valence-electron chi connectivity index (χ1n) is 4.60. The standard InChI is InChI=1S/C9H13N3OS/c1-10-8-2-3-11-9(12-8)7-6-14-5-4-13-7/h2-3,7H,4-6H2,1H3,(H,10,11,12). The second-order valence-electron chi connectivity index (χ2n) is 2.98. The van der Waals surface area contributed by atoms with Crippen LogP contribution in [0.5, 0.6) is 0 Å². The maximum absolute atomic E-state index is 5.59. The van der Waals surface area contributed by atoms with E-state index in [0.717, 1.165) is 29.8 Å². The van der Waals surface area contributed by atoms with Crippen LogP contribution in [0.2, 0.25) is 0 Å². The summed E-state index contributed by atoms with van der Waals surface area (Å²) in [5.41, 5.74) is 0. The topological polar surface area (TPSA) is 47.0 Å². The van der Waals surface area contributed by atoms with Gasteiger partial charge < -0.3 is 10.1 Å². The molecule has 0 bridgehead atoms. The summed E-state index contributed by atoms with van der Waals surface area (Å²) in [7, 11) is 1.85. The molecule has 2 rings (SSSR count). The number of hydrogen-bond donors (Lipinski definition) is 1. The zero-order valence-corrected chi connectivity index (χ0v) is 8.88. The summed E-state index contributed by atoms with van der Waals surface area (Å²) in [6.45, 7) is 0.794. The average Bonchev–Trinajstić information content (AvgIpc) is 2.30. The highest BCUT2D eigenvalue weighted by molar-refractivity contribution is 7.99.